The van der Waals surface area contributed by atoms with Crippen LogP contribution in [-0.4, -0.2) is 67.3 Å². The lowest BCUT2D eigenvalue weighted by Crippen LogP contribution is -2.38. The molecule has 1 aliphatic rings. The Balaban J connectivity index is 1.56. The molecule has 0 bridgehead atoms. The highest BCUT2D eigenvalue weighted by Gasteiger charge is 2.27. The number of carbonyl (C=O) groups excluding carboxylic acids is 1. The lowest BCUT2D eigenvalue weighted by molar-refractivity contribution is -0.117. The molecular weight excluding hydrogens is 413 g/mol. The number of amides is 1. The van der Waals surface area contributed by atoms with E-state index in [0.29, 0.717) is 31.7 Å². The lowest BCUT2D eigenvalue weighted by Gasteiger charge is -2.21. The number of hydrogen-bond acceptors (Lipinski definition) is 5. The zero-order valence-electron chi connectivity index (χ0n) is 16.1. The SMILES string of the molecule is O=C(CN1CCCN(S(=O)(=O)c2ccc(F)cc2)CC1)Nc1ccc(C(=O)O)cc1. The van der Waals surface area contributed by atoms with Crippen molar-refractivity contribution in [2.45, 2.75) is 11.3 Å². The Hall–Kier alpha value is -2.82. The first kappa shape index (κ1) is 21.9. The first-order valence-electron chi connectivity index (χ1n) is 9.37. The summed E-state index contributed by atoms with van der Waals surface area (Å²) in [6.45, 7) is 1.56. The minimum Gasteiger partial charge on any atom is -0.478 e. The van der Waals surface area contributed by atoms with Crippen molar-refractivity contribution >= 4 is 27.6 Å². The Bertz CT molecular complexity index is 1010. The second kappa shape index (κ2) is 9.33. The molecule has 2 aromatic rings. The summed E-state index contributed by atoms with van der Waals surface area (Å²) in [5, 5.41) is 11.6. The maximum absolute atomic E-state index is 13.1. The van der Waals surface area contributed by atoms with Crippen LogP contribution in [0.25, 0.3) is 0 Å². The van der Waals surface area contributed by atoms with E-state index in [9.17, 15) is 22.4 Å². The molecular formula is C20H22FN3O5S. The summed E-state index contributed by atoms with van der Waals surface area (Å²) < 4.78 is 40.0. The highest BCUT2D eigenvalue weighted by atomic mass is 32.2. The van der Waals surface area contributed by atoms with Crippen molar-refractivity contribution in [1.82, 2.24) is 9.21 Å². The standard InChI is InChI=1S/C20H22FN3O5S/c21-16-4-8-18(9-5-16)30(28,29)24-11-1-10-23(12-13-24)14-19(25)22-17-6-2-15(3-7-17)20(26)27/h2-9H,1,10-14H2,(H,22,25)(H,26,27). The average Bonchev–Trinajstić information content (AvgIpc) is 2.94. The van der Waals surface area contributed by atoms with E-state index in [1.807, 2.05) is 4.90 Å². The van der Waals surface area contributed by atoms with Crippen LogP contribution in [0.5, 0.6) is 0 Å². The summed E-state index contributed by atoms with van der Waals surface area (Å²) in [6, 6.07) is 10.6. The van der Waals surface area contributed by atoms with Gasteiger partial charge in [0, 0.05) is 25.3 Å². The van der Waals surface area contributed by atoms with E-state index in [0.717, 1.165) is 12.1 Å². The molecule has 30 heavy (non-hydrogen) atoms. The van der Waals surface area contributed by atoms with Crippen molar-refractivity contribution in [3.05, 3.63) is 59.9 Å². The molecule has 10 heteroatoms. The number of rotatable bonds is 6. The van der Waals surface area contributed by atoms with Gasteiger partial charge in [0.2, 0.25) is 15.9 Å². The van der Waals surface area contributed by atoms with Gasteiger partial charge in [0.25, 0.3) is 0 Å². The van der Waals surface area contributed by atoms with Gasteiger partial charge in [-0.2, -0.15) is 4.31 Å². The van der Waals surface area contributed by atoms with Crippen molar-refractivity contribution < 1.29 is 27.5 Å². The molecule has 2 aromatic carbocycles. The van der Waals surface area contributed by atoms with Gasteiger partial charge in [-0.25, -0.2) is 17.6 Å². The van der Waals surface area contributed by atoms with Crippen LogP contribution in [0.4, 0.5) is 10.1 Å². The molecule has 1 heterocycles. The third kappa shape index (κ3) is 5.41. The van der Waals surface area contributed by atoms with Crippen LogP contribution >= 0.6 is 0 Å². The van der Waals surface area contributed by atoms with E-state index >= 15 is 0 Å². The maximum atomic E-state index is 13.1. The fraction of sp³-hybridized carbons (Fsp3) is 0.300. The Kier molecular flexibility index (Phi) is 6.80. The summed E-state index contributed by atoms with van der Waals surface area (Å²) in [6.07, 6.45) is 0.557. The molecule has 0 unspecified atom stereocenters. The number of carbonyl (C=O) groups is 2. The van der Waals surface area contributed by atoms with Gasteiger partial charge in [0.15, 0.2) is 0 Å². The Morgan fingerprint density at radius 3 is 2.27 bits per heavy atom. The van der Waals surface area contributed by atoms with Crippen LogP contribution in [0, 0.1) is 5.82 Å². The van der Waals surface area contributed by atoms with Gasteiger partial charge in [-0.15, -0.1) is 0 Å². The number of nitrogens with zero attached hydrogens (tertiary/aromatic N) is 2. The Labute approximate surface area is 174 Å². The molecule has 1 saturated heterocycles. The smallest absolute Gasteiger partial charge is 0.335 e. The fourth-order valence-corrected chi connectivity index (χ4v) is 4.67. The molecule has 8 nitrogen and oxygen atoms in total. The molecule has 160 valence electrons. The van der Waals surface area contributed by atoms with Gasteiger partial charge in [-0.1, -0.05) is 0 Å². The zero-order chi connectivity index (χ0) is 21.7. The molecule has 0 saturated carbocycles. The molecule has 1 aliphatic heterocycles. The van der Waals surface area contributed by atoms with Crippen LogP contribution in [-0.2, 0) is 14.8 Å². The van der Waals surface area contributed by atoms with E-state index in [2.05, 4.69) is 5.32 Å². The van der Waals surface area contributed by atoms with Crippen molar-refractivity contribution in [3.8, 4) is 0 Å². The van der Waals surface area contributed by atoms with E-state index < -0.39 is 21.8 Å². The molecule has 0 radical (unpaired) electrons. The number of carboxylic acid groups (broad SMARTS) is 1. The Morgan fingerprint density at radius 1 is 0.967 bits per heavy atom. The van der Waals surface area contributed by atoms with Crippen LogP contribution in [0.15, 0.2) is 53.4 Å². The highest BCUT2D eigenvalue weighted by Crippen LogP contribution is 2.18. The monoisotopic (exact) mass is 435 g/mol. The van der Waals surface area contributed by atoms with E-state index in [1.165, 1.54) is 40.7 Å². The quantitative estimate of drug-likeness (QED) is 0.717. The molecule has 1 amide bonds. The highest BCUT2D eigenvalue weighted by molar-refractivity contribution is 7.89. The van der Waals surface area contributed by atoms with Crippen LogP contribution < -0.4 is 5.32 Å². The topological polar surface area (TPSA) is 107 Å². The lowest BCUT2D eigenvalue weighted by atomic mass is 10.2. The maximum Gasteiger partial charge on any atom is 0.335 e. The van der Waals surface area contributed by atoms with Gasteiger partial charge in [0.1, 0.15) is 5.82 Å². The van der Waals surface area contributed by atoms with Crippen molar-refractivity contribution in [1.29, 1.82) is 0 Å². The minimum absolute atomic E-state index is 0.0416. The average molecular weight is 435 g/mol. The molecule has 0 aliphatic carbocycles. The molecule has 0 spiro atoms. The van der Waals surface area contributed by atoms with E-state index in [-0.39, 0.29) is 29.5 Å². The number of sulfonamides is 1. The van der Waals surface area contributed by atoms with Crippen molar-refractivity contribution in [2.24, 2.45) is 0 Å². The summed E-state index contributed by atoms with van der Waals surface area (Å²) in [4.78, 5) is 25.1. The second-order valence-electron chi connectivity index (χ2n) is 6.92. The van der Waals surface area contributed by atoms with Gasteiger partial charge >= 0.3 is 5.97 Å². The first-order valence-corrected chi connectivity index (χ1v) is 10.8. The van der Waals surface area contributed by atoms with Crippen LogP contribution in [0.1, 0.15) is 16.8 Å². The predicted octanol–water partition coefficient (Wildman–Crippen LogP) is 1.86. The molecule has 3 rings (SSSR count). The minimum atomic E-state index is -3.72. The number of nitrogens with one attached hydrogen (secondary N) is 1. The van der Waals surface area contributed by atoms with Gasteiger partial charge < -0.3 is 10.4 Å². The summed E-state index contributed by atoms with van der Waals surface area (Å²) in [7, 11) is -3.72. The first-order chi connectivity index (χ1) is 14.3. The fourth-order valence-electron chi connectivity index (χ4n) is 3.20. The largest absolute Gasteiger partial charge is 0.478 e. The number of carboxylic acids is 1. The molecule has 0 aromatic heterocycles. The van der Waals surface area contributed by atoms with Gasteiger partial charge in [-0.3, -0.25) is 9.69 Å². The second-order valence-corrected chi connectivity index (χ2v) is 8.86. The number of anilines is 1. The van der Waals surface area contributed by atoms with Gasteiger partial charge in [0.05, 0.1) is 17.0 Å². The molecule has 0 atom stereocenters. The summed E-state index contributed by atoms with van der Waals surface area (Å²) >= 11 is 0. The van der Waals surface area contributed by atoms with Crippen molar-refractivity contribution in [2.75, 3.05) is 38.0 Å². The van der Waals surface area contributed by atoms with Crippen LogP contribution in [0.3, 0.4) is 0 Å². The summed E-state index contributed by atoms with van der Waals surface area (Å²) in [5.74, 6) is -1.81. The van der Waals surface area contributed by atoms with Gasteiger partial charge in [-0.05, 0) is 61.5 Å². The molecule has 1 fully saturated rings. The Morgan fingerprint density at radius 2 is 1.63 bits per heavy atom. The summed E-state index contributed by atoms with van der Waals surface area (Å²) in [5.41, 5.74) is 0.614. The number of hydrogen-bond donors (Lipinski definition) is 2. The van der Waals surface area contributed by atoms with Crippen molar-refractivity contribution in [3.63, 3.8) is 0 Å². The zero-order valence-corrected chi connectivity index (χ0v) is 16.9. The van der Waals surface area contributed by atoms with E-state index in [4.69, 9.17) is 5.11 Å². The number of benzene rings is 2. The third-order valence-electron chi connectivity index (χ3n) is 4.78. The number of halogens is 1. The van der Waals surface area contributed by atoms with E-state index in [1.54, 1.807) is 0 Å². The third-order valence-corrected chi connectivity index (χ3v) is 6.69. The van der Waals surface area contributed by atoms with Crippen LogP contribution in [0.2, 0.25) is 0 Å². The number of aromatic carboxylic acids is 1. The predicted molar refractivity (Wildman–Crippen MR) is 108 cm³/mol. The molecule has 2 N–H and O–H groups in total. The normalized spacial score (nSPS) is 16.0.